The van der Waals surface area contributed by atoms with Crippen LogP contribution in [0.4, 0.5) is 5.69 Å². The molecule has 4 fully saturated rings. The van der Waals surface area contributed by atoms with Crippen molar-refractivity contribution >= 4 is 22.6 Å². The minimum Gasteiger partial charge on any atom is -0.501 e. The number of carbonyl (C=O) groups excluding carboxylic acids is 1. The Hall–Kier alpha value is -3.81. The van der Waals surface area contributed by atoms with Gasteiger partial charge in [-0.25, -0.2) is 4.79 Å². The van der Waals surface area contributed by atoms with Gasteiger partial charge >= 0.3 is 5.97 Å². The molecule has 9 atom stereocenters. The molecule has 10 rings (SSSR count). The number of aromatic nitrogens is 1. The summed E-state index contributed by atoms with van der Waals surface area (Å²) in [7, 11) is 6.16. The van der Waals surface area contributed by atoms with Crippen LogP contribution >= 0.6 is 0 Å². The average molecular weight is 643 g/mol. The van der Waals surface area contributed by atoms with Crippen LogP contribution in [-0.2, 0) is 27.7 Å². The first-order valence-electron chi connectivity index (χ1n) is 18.1. The number of aryl methyl sites for hydroxylation is 1. The summed E-state index contributed by atoms with van der Waals surface area (Å²) in [6.07, 6.45) is 13.5. The summed E-state index contributed by atoms with van der Waals surface area (Å²) >= 11 is 0. The summed E-state index contributed by atoms with van der Waals surface area (Å²) in [5.41, 5.74) is 9.33. The number of ether oxygens (including phenoxy) is 2. The quantitative estimate of drug-likeness (QED) is 0.254. The summed E-state index contributed by atoms with van der Waals surface area (Å²) < 4.78 is 14.5. The van der Waals surface area contributed by atoms with Gasteiger partial charge in [0.15, 0.2) is 0 Å². The summed E-state index contributed by atoms with van der Waals surface area (Å²) in [6.45, 7) is 4.93. The van der Waals surface area contributed by atoms with Crippen LogP contribution in [0.25, 0.3) is 10.9 Å². The van der Waals surface area contributed by atoms with Gasteiger partial charge in [0, 0.05) is 65.7 Å². The van der Waals surface area contributed by atoms with Crippen LogP contribution < -0.4 is 4.90 Å². The maximum Gasteiger partial charge on any atom is 0.329 e. The predicted molar refractivity (Wildman–Crippen MR) is 188 cm³/mol. The van der Waals surface area contributed by atoms with E-state index in [1.807, 2.05) is 0 Å². The number of methoxy groups -OCH3 is 1. The molecule has 3 aromatic rings. The van der Waals surface area contributed by atoms with Crippen LogP contribution in [0.1, 0.15) is 55.0 Å². The number of hydrogen-bond acceptors (Lipinski definition) is 6. The molecule has 48 heavy (non-hydrogen) atoms. The fourth-order valence-electron chi connectivity index (χ4n) is 12.0. The third-order valence-electron chi connectivity index (χ3n) is 14.0. The summed E-state index contributed by atoms with van der Waals surface area (Å²) in [6, 6.07) is 18.6. The van der Waals surface area contributed by atoms with Crippen molar-refractivity contribution in [3.05, 3.63) is 101 Å². The van der Waals surface area contributed by atoms with E-state index in [1.165, 1.54) is 44.6 Å². The van der Waals surface area contributed by atoms with Gasteiger partial charge in [-0.1, -0.05) is 60.2 Å². The van der Waals surface area contributed by atoms with Gasteiger partial charge in [0.05, 0.1) is 31.6 Å². The fourth-order valence-corrected chi connectivity index (χ4v) is 12.0. The second kappa shape index (κ2) is 10.3. The second-order valence-corrected chi connectivity index (χ2v) is 15.5. The van der Waals surface area contributed by atoms with E-state index in [0.717, 1.165) is 45.4 Å². The number of fused-ring (bicyclic) bond motifs is 12. The molecule has 0 spiro atoms. The molecule has 7 heteroatoms. The highest BCUT2D eigenvalue weighted by Gasteiger charge is 2.66. The zero-order chi connectivity index (χ0) is 32.5. The molecule has 0 N–H and O–H groups in total. The van der Waals surface area contributed by atoms with E-state index in [2.05, 4.69) is 113 Å². The summed E-state index contributed by atoms with van der Waals surface area (Å²) in [5, 5.41) is 1.42. The standard InChI is InChI=1S/C41H46N4O3/c1-5-24-21-44-17-15-32-27-11-7-9-13-34(27)45-39(40(46)47-4)29(24)20-37(44)41(32,45)16-14-25-22-48-23-31-28(25)18-36-38-30(19-35(31)42(36)2)26-10-6-8-12-33(26)43(38)3/h5-14,16,22,28-29,31-32,35-37,39H,15,17-21,23H2,1-4H3/b16-14+,24-5-. The summed E-state index contributed by atoms with van der Waals surface area (Å²) in [4.78, 5) is 21.8. The topological polar surface area (TPSA) is 50.2 Å². The number of para-hydroxylation sites is 2. The maximum atomic E-state index is 13.9. The number of anilines is 1. The molecular formula is C41H46N4O3. The number of allylic oxidation sites excluding steroid dienone is 3. The Kier molecular flexibility index (Phi) is 6.28. The number of esters is 1. The van der Waals surface area contributed by atoms with Crippen molar-refractivity contribution in [2.45, 2.75) is 68.2 Å². The first-order chi connectivity index (χ1) is 23.5. The van der Waals surface area contributed by atoms with Gasteiger partial charge in [0.2, 0.25) is 0 Å². The zero-order valence-electron chi connectivity index (χ0n) is 28.5. The lowest BCUT2D eigenvalue weighted by atomic mass is 9.61. The Morgan fingerprint density at radius 3 is 2.75 bits per heavy atom. The predicted octanol–water partition coefficient (Wildman–Crippen LogP) is 6.12. The maximum absolute atomic E-state index is 13.9. The molecule has 2 aromatic carbocycles. The molecule has 1 aromatic heterocycles. The number of likely N-dealkylation sites (N-methyl/N-ethyl adjacent to an activating group) is 1. The lowest BCUT2D eigenvalue weighted by molar-refractivity contribution is -0.146. The smallest absolute Gasteiger partial charge is 0.329 e. The van der Waals surface area contributed by atoms with Crippen molar-refractivity contribution in [3.63, 3.8) is 0 Å². The lowest BCUT2D eigenvalue weighted by Gasteiger charge is -2.64. The minimum absolute atomic E-state index is 0.116. The Labute approximate surface area is 283 Å². The van der Waals surface area contributed by atoms with Gasteiger partial charge in [-0.2, -0.15) is 0 Å². The van der Waals surface area contributed by atoms with Gasteiger partial charge in [-0.3, -0.25) is 9.80 Å². The first kappa shape index (κ1) is 29.1. The van der Waals surface area contributed by atoms with E-state index in [1.54, 1.807) is 7.11 Å². The minimum atomic E-state index is -0.342. The monoisotopic (exact) mass is 642 g/mol. The van der Waals surface area contributed by atoms with Crippen molar-refractivity contribution in [1.29, 1.82) is 0 Å². The van der Waals surface area contributed by atoms with Crippen molar-refractivity contribution in [3.8, 4) is 0 Å². The molecule has 8 heterocycles. The molecule has 7 aliphatic rings. The fraction of sp³-hybridized carbons (Fsp3) is 0.488. The van der Waals surface area contributed by atoms with Crippen LogP contribution in [0.5, 0.6) is 0 Å². The second-order valence-electron chi connectivity index (χ2n) is 15.5. The lowest BCUT2D eigenvalue weighted by Crippen LogP contribution is -2.75. The van der Waals surface area contributed by atoms with Gasteiger partial charge in [0.25, 0.3) is 0 Å². The molecule has 7 aliphatic heterocycles. The molecule has 0 aliphatic carbocycles. The molecule has 7 nitrogen and oxygen atoms in total. The molecule has 0 saturated carbocycles. The van der Waals surface area contributed by atoms with Gasteiger partial charge < -0.3 is 18.9 Å². The molecule has 0 amide bonds. The van der Waals surface area contributed by atoms with Gasteiger partial charge in [0.1, 0.15) is 6.04 Å². The number of carbonyl (C=O) groups is 1. The highest BCUT2D eigenvalue weighted by molar-refractivity contribution is 5.87. The van der Waals surface area contributed by atoms with Crippen molar-refractivity contribution in [2.24, 2.45) is 24.8 Å². The van der Waals surface area contributed by atoms with Crippen molar-refractivity contribution in [2.75, 3.05) is 38.8 Å². The largest absolute Gasteiger partial charge is 0.501 e. The SMILES string of the molecule is C/C=C1/CN2CCC3c4ccccc4N4C(C(=O)OC)C1CC2C34/C=C/C1=COCC2C1CC1c3c(c4ccccc4n3C)CC2N1C. The number of benzene rings is 2. The van der Waals surface area contributed by atoms with Crippen LogP contribution in [-0.4, -0.2) is 77.9 Å². The van der Waals surface area contributed by atoms with Crippen LogP contribution in [0.3, 0.4) is 0 Å². The Morgan fingerprint density at radius 2 is 1.90 bits per heavy atom. The Morgan fingerprint density at radius 1 is 1.06 bits per heavy atom. The normalized spacial score (nSPS) is 37.2. The molecule has 0 radical (unpaired) electrons. The van der Waals surface area contributed by atoms with Crippen LogP contribution in [0.2, 0.25) is 0 Å². The highest BCUT2D eigenvalue weighted by Crippen LogP contribution is 2.62. The molecule has 4 bridgehead atoms. The highest BCUT2D eigenvalue weighted by atomic mass is 16.5. The molecule has 9 unspecified atom stereocenters. The van der Waals surface area contributed by atoms with Crippen molar-refractivity contribution < 1.29 is 14.3 Å². The number of piperidine rings is 4. The van der Waals surface area contributed by atoms with Crippen molar-refractivity contribution in [1.82, 2.24) is 14.4 Å². The molecule has 4 saturated heterocycles. The van der Waals surface area contributed by atoms with E-state index >= 15 is 0 Å². The van der Waals surface area contributed by atoms with E-state index < -0.39 is 0 Å². The summed E-state index contributed by atoms with van der Waals surface area (Å²) in [5.74, 6) is 1.21. The van der Waals surface area contributed by atoms with Gasteiger partial charge in [-0.15, -0.1) is 0 Å². The van der Waals surface area contributed by atoms with E-state index in [4.69, 9.17) is 9.47 Å². The average Bonchev–Trinajstić information content (AvgIpc) is 3.56. The van der Waals surface area contributed by atoms with E-state index in [0.29, 0.717) is 35.9 Å². The van der Waals surface area contributed by atoms with Crippen LogP contribution in [0.15, 0.2) is 84.2 Å². The first-order valence-corrected chi connectivity index (χ1v) is 18.1. The number of rotatable bonds is 3. The number of hydrogen-bond donors (Lipinski definition) is 0. The van der Waals surface area contributed by atoms with E-state index in [9.17, 15) is 4.79 Å². The van der Waals surface area contributed by atoms with Crippen LogP contribution in [0, 0.1) is 17.8 Å². The Balaban J connectivity index is 1.08. The van der Waals surface area contributed by atoms with Gasteiger partial charge in [-0.05, 0) is 81.0 Å². The molecular weight excluding hydrogens is 596 g/mol. The Bertz CT molecular complexity index is 1940. The molecule has 248 valence electrons. The zero-order valence-corrected chi connectivity index (χ0v) is 28.5. The number of nitrogens with zero attached hydrogens (tertiary/aromatic N) is 4. The third kappa shape index (κ3) is 3.59. The third-order valence-corrected chi connectivity index (χ3v) is 14.0. The van der Waals surface area contributed by atoms with E-state index in [-0.39, 0.29) is 23.5 Å².